The van der Waals surface area contributed by atoms with Crippen LogP contribution < -0.4 is 11.1 Å². The second-order valence-corrected chi connectivity index (χ2v) is 3.78. The lowest BCUT2D eigenvalue weighted by Gasteiger charge is -2.11. The molecule has 0 bridgehead atoms. The van der Waals surface area contributed by atoms with E-state index in [1.165, 1.54) is 16.3 Å². The van der Waals surface area contributed by atoms with Gasteiger partial charge in [-0.05, 0) is 25.3 Å². The van der Waals surface area contributed by atoms with Crippen molar-refractivity contribution < 1.29 is 0 Å². The molecule has 0 atom stereocenters. The third-order valence-corrected chi connectivity index (χ3v) is 2.56. The lowest BCUT2D eigenvalue weighted by molar-refractivity contribution is 1.22. The maximum absolute atomic E-state index is 5.95. The van der Waals surface area contributed by atoms with Gasteiger partial charge in [-0.15, -0.1) is 0 Å². The molecule has 2 aromatic carbocycles. The first-order valence-corrected chi connectivity index (χ1v) is 6.25. The van der Waals surface area contributed by atoms with E-state index < -0.39 is 0 Å². The molecule has 2 aromatic rings. The Labute approximate surface area is 104 Å². The minimum absolute atomic E-state index is 0.813. The maximum Gasteiger partial charge on any atom is 0.0653 e. The van der Waals surface area contributed by atoms with Crippen LogP contribution in [0.1, 0.15) is 26.3 Å². The second-order valence-electron chi connectivity index (χ2n) is 3.78. The Morgan fingerprint density at radius 2 is 1.82 bits per heavy atom. The number of anilines is 2. The predicted molar refractivity (Wildman–Crippen MR) is 78.6 cm³/mol. The number of benzene rings is 2. The summed E-state index contributed by atoms with van der Waals surface area (Å²) in [6.45, 7) is 9.06. The molecule has 2 nitrogen and oxygen atoms in total. The molecule has 0 aliphatic carbocycles. The van der Waals surface area contributed by atoms with Crippen molar-refractivity contribution in [3.05, 3.63) is 35.9 Å². The van der Waals surface area contributed by atoms with E-state index in [0.29, 0.717) is 0 Å². The van der Waals surface area contributed by atoms with E-state index in [0.717, 1.165) is 17.9 Å². The number of nitrogen functional groups attached to an aromatic ring is 1. The molecule has 0 aromatic heterocycles. The molecule has 0 aliphatic rings. The van der Waals surface area contributed by atoms with Gasteiger partial charge in [0, 0.05) is 11.9 Å². The van der Waals surface area contributed by atoms with Gasteiger partial charge >= 0.3 is 0 Å². The average molecular weight is 230 g/mol. The van der Waals surface area contributed by atoms with Crippen LogP contribution >= 0.6 is 0 Å². The van der Waals surface area contributed by atoms with Gasteiger partial charge in [-0.2, -0.15) is 0 Å². The van der Waals surface area contributed by atoms with Crippen LogP contribution in [0.15, 0.2) is 30.3 Å². The molecule has 0 heterocycles. The van der Waals surface area contributed by atoms with Crippen LogP contribution in [-0.4, -0.2) is 6.54 Å². The standard InChI is InChI=1S/C13H16N2.C2H6/c1-3-15-13-11-6-4-9(2)8-10(11)5-7-12(13)14;1-2/h4-8,15H,3,14H2,1-2H3;1-2H3. The van der Waals surface area contributed by atoms with Gasteiger partial charge < -0.3 is 11.1 Å². The van der Waals surface area contributed by atoms with Crippen LogP contribution in [0.5, 0.6) is 0 Å². The molecule has 0 aliphatic heterocycles. The van der Waals surface area contributed by atoms with E-state index in [9.17, 15) is 0 Å². The van der Waals surface area contributed by atoms with Crippen molar-refractivity contribution in [3.63, 3.8) is 0 Å². The van der Waals surface area contributed by atoms with Gasteiger partial charge in [-0.1, -0.05) is 43.7 Å². The zero-order chi connectivity index (χ0) is 12.8. The molecule has 0 amide bonds. The van der Waals surface area contributed by atoms with Crippen molar-refractivity contribution in [1.82, 2.24) is 0 Å². The quantitative estimate of drug-likeness (QED) is 0.759. The number of hydrogen-bond donors (Lipinski definition) is 2. The van der Waals surface area contributed by atoms with E-state index in [-0.39, 0.29) is 0 Å². The molecule has 2 rings (SSSR count). The summed E-state index contributed by atoms with van der Waals surface area (Å²) < 4.78 is 0. The van der Waals surface area contributed by atoms with Gasteiger partial charge in [0.25, 0.3) is 0 Å². The van der Waals surface area contributed by atoms with Gasteiger partial charge in [-0.3, -0.25) is 0 Å². The molecule has 2 heteroatoms. The first-order chi connectivity index (χ1) is 8.22. The number of hydrogen-bond acceptors (Lipinski definition) is 2. The normalized spacial score (nSPS) is 9.65. The first kappa shape index (κ1) is 13.4. The lowest BCUT2D eigenvalue weighted by atomic mass is 10.0. The molecular weight excluding hydrogens is 208 g/mol. The van der Waals surface area contributed by atoms with Crippen LogP contribution in [0, 0.1) is 6.92 Å². The topological polar surface area (TPSA) is 38.0 Å². The molecule has 0 unspecified atom stereocenters. The Kier molecular flexibility index (Phi) is 4.83. The second kappa shape index (κ2) is 6.14. The van der Waals surface area contributed by atoms with Gasteiger partial charge in [0.05, 0.1) is 11.4 Å². The van der Waals surface area contributed by atoms with Gasteiger partial charge in [-0.25, -0.2) is 0 Å². The van der Waals surface area contributed by atoms with Crippen LogP contribution in [0.25, 0.3) is 10.8 Å². The fourth-order valence-corrected chi connectivity index (χ4v) is 1.84. The van der Waals surface area contributed by atoms with E-state index >= 15 is 0 Å². The summed E-state index contributed by atoms with van der Waals surface area (Å²) >= 11 is 0. The first-order valence-electron chi connectivity index (χ1n) is 6.25. The molecule has 92 valence electrons. The third-order valence-electron chi connectivity index (χ3n) is 2.56. The Morgan fingerprint density at radius 1 is 1.12 bits per heavy atom. The predicted octanol–water partition coefficient (Wildman–Crippen LogP) is 4.19. The van der Waals surface area contributed by atoms with Gasteiger partial charge in [0.15, 0.2) is 0 Å². The third kappa shape index (κ3) is 2.90. The summed E-state index contributed by atoms with van der Waals surface area (Å²) in [6.07, 6.45) is 0. The van der Waals surface area contributed by atoms with E-state index in [4.69, 9.17) is 5.73 Å². The minimum Gasteiger partial charge on any atom is -0.397 e. The smallest absolute Gasteiger partial charge is 0.0653 e. The molecule has 0 spiro atoms. The fourth-order valence-electron chi connectivity index (χ4n) is 1.84. The Hall–Kier alpha value is -1.70. The Balaban J connectivity index is 0.000000686. The largest absolute Gasteiger partial charge is 0.397 e. The van der Waals surface area contributed by atoms with Crippen molar-refractivity contribution in [1.29, 1.82) is 0 Å². The summed E-state index contributed by atoms with van der Waals surface area (Å²) in [5.74, 6) is 0. The fraction of sp³-hybridized carbons (Fsp3) is 0.333. The van der Waals surface area contributed by atoms with Crippen molar-refractivity contribution in [2.75, 3.05) is 17.6 Å². The Bertz CT molecular complexity index is 489. The van der Waals surface area contributed by atoms with Crippen LogP contribution in [-0.2, 0) is 0 Å². The monoisotopic (exact) mass is 230 g/mol. The number of rotatable bonds is 2. The summed E-state index contributed by atoms with van der Waals surface area (Å²) in [7, 11) is 0. The highest BCUT2D eigenvalue weighted by Crippen LogP contribution is 2.29. The molecule has 0 radical (unpaired) electrons. The Morgan fingerprint density at radius 3 is 2.47 bits per heavy atom. The van der Waals surface area contributed by atoms with Crippen molar-refractivity contribution in [2.45, 2.75) is 27.7 Å². The molecule has 0 fully saturated rings. The van der Waals surface area contributed by atoms with E-state index in [1.807, 2.05) is 19.9 Å². The highest BCUT2D eigenvalue weighted by molar-refractivity contribution is 5.99. The number of nitrogens with one attached hydrogen (secondary N) is 1. The summed E-state index contributed by atoms with van der Waals surface area (Å²) in [5, 5.41) is 5.75. The highest BCUT2D eigenvalue weighted by atomic mass is 14.9. The average Bonchev–Trinajstić information content (AvgIpc) is 2.35. The maximum atomic E-state index is 5.95. The molecule has 17 heavy (non-hydrogen) atoms. The number of nitrogens with two attached hydrogens (primary N) is 1. The SMILES string of the molecule is CC.CCNc1c(N)ccc2cc(C)ccc12. The molecule has 0 saturated carbocycles. The number of aryl methyl sites for hydroxylation is 1. The van der Waals surface area contributed by atoms with Crippen LogP contribution in [0.3, 0.4) is 0 Å². The lowest BCUT2D eigenvalue weighted by Crippen LogP contribution is -2.01. The van der Waals surface area contributed by atoms with Crippen LogP contribution in [0.2, 0.25) is 0 Å². The summed E-state index contributed by atoms with van der Waals surface area (Å²) in [4.78, 5) is 0. The van der Waals surface area contributed by atoms with Crippen LogP contribution in [0.4, 0.5) is 11.4 Å². The van der Waals surface area contributed by atoms with E-state index in [2.05, 4.69) is 43.4 Å². The van der Waals surface area contributed by atoms with E-state index in [1.54, 1.807) is 0 Å². The van der Waals surface area contributed by atoms with Gasteiger partial charge in [0.2, 0.25) is 0 Å². The molecule has 3 N–H and O–H groups in total. The molecular formula is C15H22N2. The summed E-state index contributed by atoms with van der Waals surface area (Å²) in [5.41, 5.74) is 9.09. The molecule has 0 saturated heterocycles. The number of fused-ring (bicyclic) bond motifs is 1. The zero-order valence-electron chi connectivity index (χ0n) is 11.2. The summed E-state index contributed by atoms with van der Waals surface area (Å²) in [6, 6.07) is 10.4. The minimum atomic E-state index is 0.813. The van der Waals surface area contributed by atoms with Crippen molar-refractivity contribution >= 4 is 22.1 Å². The van der Waals surface area contributed by atoms with Crippen molar-refractivity contribution in [2.24, 2.45) is 0 Å². The zero-order valence-corrected chi connectivity index (χ0v) is 11.2. The highest BCUT2D eigenvalue weighted by Gasteiger charge is 2.03. The van der Waals surface area contributed by atoms with Gasteiger partial charge in [0.1, 0.15) is 0 Å². The van der Waals surface area contributed by atoms with Crippen molar-refractivity contribution in [3.8, 4) is 0 Å².